The van der Waals surface area contributed by atoms with E-state index in [4.69, 9.17) is 4.74 Å². The molecule has 0 aliphatic carbocycles. The van der Waals surface area contributed by atoms with Crippen molar-refractivity contribution < 1.29 is 14.3 Å². The number of carbonyl (C=O) groups excluding carboxylic acids is 2. The van der Waals surface area contributed by atoms with Crippen LogP contribution in [0, 0.1) is 0 Å². The number of fused-ring (bicyclic) bond motifs is 2. The van der Waals surface area contributed by atoms with Gasteiger partial charge in [-0.1, -0.05) is 39.4 Å². The molecule has 0 atom stereocenters. The van der Waals surface area contributed by atoms with Crippen LogP contribution in [-0.2, 0) is 16.1 Å². The van der Waals surface area contributed by atoms with Gasteiger partial charge in [-0.15, -0.1) is 0 Å². The number of para-hydroxylation sites is 2. The number of methoxy groups -OCH3 is 1. The van der Waals surface area contributed by atoms with E-state index in [-0.39, 0.29) is 12.2 Å². The average Bonchev–Trinajstić information content (AvgIpc) is 3.03. The molecule has 0 N–H and O–H groups in total. The maximum atomic E-state index is 12.7. The lowest BCUT2D eigenvalue weighted by Crippen LogP contribution is -2.22. The van der Waals surface area contributed by atoms with Crippen molar-refractivity contribution in [2.24, 2.45) is 4.99 Å². The van der Waals surface area contributed by atoms with Crippen LogP contribution in [0.15, 0.2) is 58.1 Å². The molecule has 0 aliphatic heterocycles. The van der Waals surface area contributed by atoms with E-state index in [0.29, 0.717) is 15.8 Å². The molecule has 0 saturated carbocycles. The van der Waals surface area contributed by atoms with E-state index in [1.54, 1.807) is 10.6 Å². The first kappa shape index (κ1) is 18.5. The highest BCUT2D eigenvalue weighted by molar-refractivity contribution is 9.10. The van der Waals surface area contributed by atoms with Gasteiger partial charge in [-0.3, -0.25) is 14.6 Å². The zero-order chi connectivity index (χ0) is 19.7. The summed E-state index contributed by atoms with van der Waals surface area (Å²) in [6.07, 6.45) is 1.41. The molecule has 2 aromatic carbocycles. The standard InChI is InChI=1S/C19H13BrN4O3S/c1-27-17(25)10-24-15-7-6-11(20)8-16(15)28-19(24)23-18(26)14-9-21-12-4-2-3-5-13(12)22-14/h2-9H,10H2,1H3. The monoisotopic (exact) mass is 456 g/mol. The third kappa shape index (κ3) is 3.58. The lowest BCUT2D eigenvalue weighted by atomic mass is 10.3. The van der Waals surface area contributed by atoms with Crippen LogP contribution in [0.4, 0.5) is 0 Å². The second-order valence-electron chi connectivity index (χ2n) is 5.82. The van der Waals surface area contributed by atoms with E-state index < -0.39 is 11.9 Å². The number of esters is 1. The number of hydrogen-bond donors (Lipinski definition) is 0. The molecule has 2 heterocycles. The number of carbonyl (C=O) groups is 2. The van der Waals surface area contributed by atoms with Crippen LogP contribution in [0.1, 0.15) is 10.5 Å². The molecule has 0 saturated heterocycles. The van der Waals surface area contributed by atoms with E-state index >= 15 is 0 Å². The molecule has 0 unspecified atom stereocenters. The Hall–Kier alpha value is -2.91. The molecule has 4 aromatic rings. The van der Waals surface area contributed by atoms with E-state index in [1.807, 2.05) is 36.4 Å². The Bertz CT molecular complexity index is 1300. The van der Waals surface area contributed by atoms with Crippen molar-refractivity contribution in [3.63, 3.8) is 0 Å². The van der Waals surface area contributed by atoms with E-state index in [2.05, 4.69) is 30.9 Å². The fraction of sp³-hybridized carbons (Fsp3) is 0.105. The largest absolute Gasteiger partial charge is 0.468 e. The normalized spacial score (nSPS) is 11.9. The van der Waals surface area contributed by atoms with Crippen LogP contribution in [0.25, 0.3) is 21.3 Å². The molecule has 4 rings (SSSR count). The van der Waals surface area contributed by atoms with Gasteiger partial charge in [0, 0.05) is 4.47 Å². The number of rotatable bonds is 3. The van der Waals surface area contributed by atoms with Crippen LogP contribution in [0.2, 0.25) is 0 Å². The van der Waals surface area contributed by atoms with Crippen molar-refractivity contribution in [3.05, 3.63) is 63.6 Å². The van der Waals surface area contributed by atoms with Crippen molar-refractivity contribution in [1.29, 1.82) is 0 Å². The van der Waals surface area contributed by atoms with Gasteiger partial charge in [0.25, 0.3) is 5.91 Å². The van der Waals surface area contributed by atoms with Gasteiger partial charge in [0.05, 0.1) is 34.6 Å². The molecule has 0 spiro atoms. The van der Waals surface area contributed by atoms with Gasteiger partial charge in [-0.2, -0.15) is 4.99 Å². The summed E-state index contributed by atoms with van der Waals surface area (Å²) in [6.45, 7) is -0.0480. The van der Waals surface area contributed by atoms with Gasteiger partial charge in [-0.25, -0.2) is 4.98 Å². The molecule has 7 nitrogen and oxygen atoms in total. The third-order valence-corrected chi connectivity index (χ3v) is 5.56. The van der Waals surface area contributed by atoms with E-state index in [0.717, 1.165) is 14.7 Å². The summed E-state index contributed by atoms with van der Waals surface area (Å²) in [6, 6.07) is 12.9. The number of hydrogen-bond acceptors (Lipinski definition) is 6. The molecule has 0 bridgehead atoms. The minimum atomic E-state index is -0.525. The first-order chi connectivity index (χ1) is 13.5. The molecule has 28 heavy (non-hydrogen) atoms. The molecule has 9 heteroatoms. The van der Waals surface area contributed by atoms with Crippen LogP contribution in [0.3, 0.4) is 0 Å². The van der Waals surface area contributed by atoms with Crippen molar-refractivity contribution in [1.82, 2.24) is 14.5 Å². The highest BCUT2D eigenvalue weighted by Gasteiger charge is 2.14. The van der Waals surface area contributed by atoms with Crippen molar-refractivity contribution in [2.75, 3.05) is 7.11 Å². The van der Waals surface area contributed by atoms with Crippen LogP contribution in [0.5, 0.6) is 0 Å². The Balaban J connectivity index is 1.83. The average molecular weight is 457 g/mol. The van der Waals surface area contributed by atoms with Crippen molar-refractivity contribution in [3.8, 4) is 0 Å². The SMILES string of the molecule is COC(=O)Cn1c(=NC(=O)c2cnc3ccccc3n2)sc2cc(Br)ccc21. The molecule has 0 aliphatic rings. The summed E-state index contributed by atoms with van der Waals surface area (Å²) in [5, 5.41) is 0. The number of halogens is 1. The lowest BCUT2D eigenvalue weighted by molar-refractivity contribution is -0.141. The molecule has 1 amide bonds. The van der Waals surface area contributed by atoms with Gasteiger partial charge in [0.2, 0.25) is 0 Å². The number of benzene rings is 2. The summed E-state index contributed by atoms with van der Waals surface area (Å²) in [4.78, 5) is 37.7. The highest BCUT2D eigenvalue weighted by atomic mass is 79.9. The zero-order valence-corrected chi connectivity index (χ0v) is 17.0. The Morgan fingerprint density at radius 2 is 2.00 bits per heavy atom. The molecule has 0 radical (unpaired) electrons. The second kappa shape index (κ2) is 7.61. The van der Waals surface area contributed by atoms with E-state index in [9.17, 15) is 9.59 Å². The first-order valence-corrected chi connectivity index (χ1v) is 9.82. The maximum absolute atomic E-state index is 12.7. The molecule has 140 valence electrons. The number of nitrogens with zero attached hydrogens (tertiary/aromatic N) is 4. The highest BCUT2D eigenvalue weighted by Crippen LogP contribution is 2.22. The quantitative estimate of drug-likeness (QED) is 0.441. The van der Waals surface area contributed by atoms with Crippen molar-refractivity contribution >= 4 is 60.4 Å². The fourth-order valence-electron chi connectivity index (χ4n) is 2.68. The minimum Gasteiger partial charge on any atom is -0.468 e. The first-order valence-electron chi connectivity index (χ1n) is 8.22. The number of thiazole rings is 1. The fourth-order valence-corrected chi connectivity index (χ4v) is 4.26. The predicted molar refractivity (Wildman–Crippen MR) is 109 cm³/mol. The smallest absolute Gasteiger partial charge is 0.325 e. The van der Waals surface area contributed by atoms with Gasteiger partial charge in [0.15, 0.2) is 4.80 Å². The summed E-state index contributed by atoms with van der Waals surface area (Å²) < 4.78 is 8.21. The summed E-state index contributed by atoms with van der Waals surface area (Å²) in [7, 11) is 1.32. The van der Waals surface area contributed by atoms with Gasteiger partial charge >= 0.3 is 5.97 Å². The van der Waals surface area contributed by atoms with Crippen LogP contribution >= 0.6 is 27.3 Å². The molecule has 2 aromatic heterocycles. The third-order valence-electron chi connectivity index (χ3n) is 4.02. The summed E-state index contributed by atoms with van der Waals surface area (Å²) in [5.74, 6) is -0.954. The summed E-state index contributed by atoms with van der Waals surface area (Å²) in [5.41, 5.74) is 2.24. The number of aromatic nitrogens is 3. The van der Waals surface area contributed by atoms with Crippen LogP contribution < -0.4 is 4.80 Å². The Kier molecular flexibility index (Phi) is 5.01. The van der Waals surface area contributed by atoms with Gasteiger partial charge in [-0.05, 0) is 30.3 Å². The summed E-state index contributed by atoms with van der Waals surface area (Å²) >= 11 is 4.74. The lowest BCUT2D eigenvalue weighted by Gasteiger charge is -2.03. The minimum absolute atomic E-state index is 0.0480. The van der Waals surface area contributed by atoms with Gasteiger partial charge in [0.1, 0.15) is 12.2 Å². The second-order valence-corrected chi connectivity index (χ2v) is 7.74. The Labute approximate surface area is 171 Å². The predicted octanol–water partition coefficient (Wildman–Crippen LogP) is 3.32. The maximum Gasteiger partial charge on any atom is 0.325 e. The topological polar surface area (TPSA) is 86.4 Å². The molecular weight excluding hydrogens is 444 g/mol. The molecule has 0 fully saturated rings. The molecular formula is C19H13BrN4O3S. The number of ether oxygens (including phenoxy) is 1. The van der Waals surface area contributed by atoms with Gasteiger partial charge < -0.3 is 9.30 Å². The Morgan fingerprint density at radius 1 is 1.21 bits per heavy atom. The van der Waals surface area contributed by atoms with E-state index in [1.165, 1.54) is 24.6 Å². The zero-order valence-electron chi connectivity index (χ0n) is 14.6. The number of amides is 1. The Morgan fingerprint density at radius 3 is 2.79 bits per heavy atom. The van der Waals surface area contributed by atoms with Crippen LogP contribution in [-0.4, -0.2) is 33.5 Å². The van der Waals surface area contributed by atoms with Crippen molar-refractivity contribution in [2.45, 2.75) is 6.54 Å².